The van der Waals surface area contributed by atoms with Gasteiger partial charge in [-0.25, -0.2) is 0 Å². The molecule has 0 spiro atoms. The predicted octanol–water partition coefficient (Wildman–Crippen LogP) is 2.77. The van der Waals surface area contributed by atoms with E-state index in [4.69, 9.17) is 4.52 Å². The minimum absolute atomic E-state index is 0.137. The first kappa shape index (κ1) is 13.2. The Balaban J connectivity index is 2.27. The molecule has 0 saturated heterocycles. The van der Waals surface area contributed by atoms with Gasteiger partial charge in [-0.15, -0.1) is 0 Å². The topological polar surface area (TPSA) is 72.0 Å². The molecule has 5 nitrogen and oxygen atoms in total. The fraction of sp³-hybridized carbons (Fsp3) is 0.417. The predicted molar refractivity (Wildman–Crippen MR) is 69.9 cm³/mol. The maximum Gasteiger partial charge on any atom is 0.232 e. The molecule has 2 rings (SSSR count). The summed E-state index contributed by atoms with van der Waals surface area (Å²) in [7, 11) is 0. The molecule has 0 amide bonds. The number of rotatable bonds is 4. The summed E-state index contributed by atoms with van der Waals surface area (Å²) in [5.74, 6) is 0.755. The molecule has 1 N–H and O–H groups in total. The first-order valence-corrected chi connectivity index (χ1v) is 6.54. The summed E-state index contributed by atoms with van der Waals surface area (Å²) < 4.78 is 6.08. The molecule has 2 aromatic rings. The summed E-state index contributed by atoms with van der Waals surface area (Å²) in [6.07, 6.45) is 1.91. The van der Waals surface area contributed by atoms with Gasteiger partial charge in [0.1, 0.15) is 5.69 Å². The van der Waals surface area contributed by atoms with Crippen molar-refractivity contribution in [2.45, 2.75) is 32.3 Å². The quantitative estimate of drug-likeness (QED) is 0.940. The molecule has 2 atom stereocenters. The van der Waals surface area contributed by atoms with Crippen molar-refractivity contribution in [2.24, 2.45) is 0 Å². The lowest BCUT2D eigenvalue weighted by atomic mass is 10.0. The van der Waals surface area contributed by atoms with Crippen molar-refractivity contribution in [2.75, 3.05) is 0 Å². The molecule has 0 aromatic carbocycles. The molecule has 2 heterocycles. The number of aliphatic hydroxyl groups excluding tert-OH is 1. The molecule has 6 heteroatoms. The zero-order valence-electron chi connectivity index (χ0n) is 10.2. The second-order valence-corrected chi connectivity index (χ2v) is 4.99. The number of halogens is 1. The fourth-order valence-corrected chi connectivity index (χ4v) is 1.95. The van der Waals surface area contributed by atoms with E-state index < -0.39 is 6.10 Å². The molecule has 0 aliphatic rings. The van der Waals surface area contributed by atoms with Crippen LogP contribution in [-0.4, -0.2) is 26.3 Å². The van der Waals surface area contributed by atoms with E-state index in [-0.39, 0.29) is 5.92 Å². The summed E-state index contributed by atoms with van der Waals surface area (Å²) in [5, 5.41) is 13.5. The Morgan fingerprint density at radius 2 is 2.22 bits per heavy atom. The van der Waals surface area contributed by atoms with Crippen LogP contribution in [-0.2, 0) is 0 Å². The van der Waals surface area contributed by atoms with Crippen molar-refractivity contribution < 1.29 is 9.63 Å². The Kier molecular flexibility index (Phi) is 4.08. The fourth-order valence-electron chi connectivity index (χ4n) is 1.72. The van der Waals surface area contributed by atoms with Crippen LogP contribution >= 0.6 is 15.9 Å². The number of pyridine rings is 1. The van der Waals surface area contributed by atoms with Crippen LogP contribution in [0.5, 0.6) is 0 Å². The van der Waals surface area contributed by atoms with Gasteiger partial charge < -0.3 is 9.63 Å². The molecule has 96 valence electrons. The maximum absolute atomic E-state index is 9.63. The van der Waals surface area contributed by atoms with Gasteiger partial charge in [0.25, 0.3) is 0 Å². The number of hydrogen-bond acceptors (Lipinski definition) is 5. The lowest BCUT2D eigenvalue weighted by molar-refractivity contribution is 0.141. The maximum atomic E-state index is 9.63. The number of nitrogens with zero attached hydrogens (tertiary/aromatic N) is 3. The van der Waals surface area contributed by atoms with Crippen molar-refractivity contribution in [1.82, 2.24) is 15.1 Å². The summed E-state index contributed by atoms with van der Waals surface area (Å²) in [4.78, 5) is 8.48. The van der Waals surface area contributed by atoms with Gasteiger partial charge in [-0.1, -0.05) is 12.1 Å². The van der Waals surface area contributed by atoms with E-state index in [0.717, 1.165) is 10.9 Å². The van der Waals surface area contributed by atoms with Crippen molar-refractivity contribution in [3.05, 3.63) is 28.7 Å². The second-order valence-electron chi connectivity index (χ2n) is 4.07. The van der Waals surface area contributed by atoms with Gasteiger partial charge in [-0.05, 0) is 41.4 Å². The summed E-state index contributed by atoms with van der Waals surface area (Å²) in [5.41, 5.74) is 0.647. The van der Waals surface area contributed by atoms with E-state index in [1.165, 1.54) is 0 Å². The van der Waals surface area contributed by atoms with E-state index in [2.05, 4.69) is 31.1 Å². The Morgan fingerprint density at radius 1 is 1.44 bits per heavy atom. The molecule has 0 aliphatic heterocycles. The standard InChI is InChI=1S/C12H14BrN3O2/c1-3-9(7(2)17)12-15-11(16-18-12)10-5-4-8(13)6-14-10/h4-7,9,17H,3H2,1-2H3. The first-order valence-electron chi connectivity index (χ1n) is 5.75. The summed E-state index contributed by atoms with van der Waals surface area (Å²) >= 11 is 3.32. The van der Waals surface area contributed by atoms with Crippen molar-refractivity contribution >= 4 is 15.9 Å². The Labute approximate surface area is 113 Å². The van der Waals surface area contributed by atoms with Gasteiger partial charge in [-0.2, -0.15) is 4.98 Å². The average molecular weight is 312 g/mol. The van der Waals surface area contributed by atoms with Crippen LogP contribution in [0, 0.1) is 0 Å². The highest BCUT2D eigenvalue weighted by atomic mass is 79.9. The molecule has 0 bridgehead atoms. The highest BCUT2D eigenvalue weighted by molar-refractivity contribution is 9.10. The zero-order valence-corrected chi connectivity index (χ0v) is 11.8. The van der Waals surface area contributed by atoms with Gasteiger partial charge >= 0.3 is 0 Å². The van der Waals surface area contributed by atoms with Crippen LogP contribution in [0.1, 0.15) is 32.1 Å². The summed E-state index contributed by atoms with van der Waals surface area (Å²) in [6.45, 7) is 3.69. The normalized spacial score (nSPS) is 14.4. The van der Waals surface area contributed by atoms with Crippen LogP contribution in [0.4, 0.5) is 0 Å². The third-order valence-corrected chi connectivity index (χ3v) is 3.21. The van der Waals surface area contributed by atoms with Gasteiger partial charge in [0, 0.05) is 10.7 Å². The van der Waals surface area contributed by atoms with Crippen LogP contribution in [0.2, 0.25) is 0 Å². The molecule has 0 aliphatic carbocycles. The third kappa shape index (κ3) is 2.76. The Hall–Kier alpha value is -1.27. The minimum Gasteiger partial charge on any atom is -0.393 e. The molecule has 2 unspecified atom stereocenters. The number of hydrogen-bond donors (Lipinski definition) is 1. The molecule has 0 fully saturated rings. The van der Waals surface area contributed by atoms with Crippen molar-refractivity contribution in [1.29, 1.82) is 0 Å². The minimum atomic E-state index is -0.513. The van der Waals surface area contributed by atoms with Crippen molar-refractivity contribution in [3.63, 3.8) is 0 Å². The Bertz CT molecular complexity index is 510. The van der Waals surface area contributed by atoms with Crippen molar-refractivity contribution in [3.8, 4) is 11.5 Å². The highest BCUT2D eigenvalue weighted by Gasteiger charge is 2.22. The van der Waals surface area contributed by atoms with E-state index in [0.29, 0.717) is 17.4 Å². The van der Waals surface area contributed by atoms with E-state index >= 15 is 0 Å². The summed E-state index contributed by atoms with van der Waals surface area (Å²) in [6, 6.07) is 3.67. The zero-order chi connectivity index (χ0) is 13.1. The van der Waals surface area contributed by atoms with Crippen LogP contribution in [0.3, 0.4) is 0 Å². The van der Waals surface area contributed by atoms with Gasteiger partial charge in [-0.3, -0.25) is 4.98 Å². The second kappa shape index (κ2) is 5.58. The average Bonchev–Trinajstić information content (AvgIpc) is 2.80. The Morgan fingerprint density at radius 3 is 2.78 bits per heavy atom. The largest absolute Gasteiger partial charge is 0.393 e. The smallest absolute Gasteiger partial charge is 0.232 e. The molecule has 18 heavy (non-hydrogen) atoms. The molecule has 0 saturated carbocycles. The highest BCUT2D eigenvalue weighted by Crippen LogP contribution is 2.24. The van der Waals surface area contributed by atoms with E-state index in [9.17, 15) is 5.11 Å². The third-order valence-electron chi connectivity index (χ3n) is 2.74. The first-order chi connectivity index (χ1) is 8.61. The van der Waals surface area contributed by atoms with E-state index in [1.54, 1.807) is 13.1 Å². The molecule has 2 aromatic heterocycles. The van der Waals surface area contributed by atoms with Gasteiger partial charge in [0.05, 0.1) is 12.0 Å². The molecular formula is C12H14BrN3O2. The molecule has 0 radical (unpaired) electrons. The lowest BCUT2D eigenvalue weighted by Crippen LogP contribution is -2.14. The van der Waals surface area contributed by atoms with E-state index in [1.807, 2.05) is 19.1 Å². The lowest BCUT2D eigenvalue weighted by Gasteiger charge is -2.12. The SMILES string of the molecule is CCC(c1nc(-c2ccc(Br)cn2)no1)C(C)O. The number of aromatic nitrogens is 3. The monoisotopic (exact) mass is 311 g/mol. The number of aliphatic hydroxyl groups is 1. The van der Waals surface area contributed by atoms with Crippen LogP contribution < -0.4 is 0 Å². The van der Waals surface area contributed by atoms with Gasteiger partial charge in [0.15, 0.2) is 0 Å². The van der Waals surface area contributed by atoms with Gasteiger partial charge in [0.2, 0.25) is 11.7 Å². The van der Waals surface area contributed by atoms with Crippen LogP contribution in [0.25, 0.3) is 11.5 Å². The van der Waals surface area contributed by atoms with Crippen LogP contribution in [0.15, 0.2) is 27.3 Å². The molecular weight excluding hydrogens is 298 g/mol.